The van der Waals surface area contributed by atoms with Crippen LogP contribution >= 0.6 is 0 Å². The molecule has 0 saturated heterocycles. The summed E-state index contributed by atoms with van der Waals surface area (Å²) in [4.78, 5) is 0. The van der Waals surface area contributed by atoms with Gasteiger partial charge in [-0.05, 0) is 37.1 Å². The fourth-order valence-corrected chi connectivity index (χ4v) is 1.58. The van der Waals surface area contributed by atoms with E-state index in [1.54, 1.807) is 10.9 Å². The Labute approximate surface area is 88.2 Å². The molecule has 1 heterocycles. The second-order valence-electron chi connectivity index (χ2n) is 3.66. The molecule has 2 rings (SSSR count). The number of benzene rings is 1. The first-order valence-electron chi connectivity index (χ1n) is 4.80. The van der Waals surface area contributed by atoms with E-state index < -0.39 is 0 Å². The van der Waals surface area contributed by atoms with Gasteiger partial charge in [-0.1, -0.05) is 11.3 Å². The first kappa shape index (κ1) is 9.86. The van der Waals surface area contributed by atoms with Gasteiger partial charge < -0.3 is 5.11 Å². The Hall–Kier alpha value is -1.68. The Morgan fingerprint density at radius 3 is 2.40 bits per heavy atom. The number of aliphatic hydroxyl groups is 1. The molecule has 4 heteroatoms. The van der Waals surface area contributed by atoms with Crippen LogP contribution < -0.4 is 0 Å². The van der Waals surface area contributed by atoms with Crippen molar-refractivity contribution in [3.63, 3.8) is 0 Å². The van der Waals surface area contributed by atoms with E-state index in [1.165, 1.54) is 11.1 Å². The van der Waals surface area contributed by atoms with Gasteiger partial charge in [0, 0.05) is 0 Å². The molecule has 0 atom stereocenters. The molecule has 0 saturated carbocycles. The summed E-state index contributed by atoms with van der Waals surface area (Å²) in [5, 5.41) is 16.7. The van der Waals surface area contributed by atoms with Gasteiger partial charge in [-0.25, -0.2) is 4.68 Å². The molecule has 1 aromatic carbocycles. The van der Waals surface area contributed by atoms with E-state index in [0.29, 0.717) is 5.69 Å². The Bertz CT molecular complexity index is 456. The molecular weight excluding hydrogens is 190 g/mol. The lowest BCUT2D eigenvalue weighted by Crippen LogP contribution is -1.96. The molecule has 0 amide bonds. The molecule has 78 valence electrons. The van der Waals surface area contributed by atoms with Crippen LogP contribution in [0.15, 0.2) is 24.4 Å². The van der Waals surface area contributed by atoms with Gasteiger partial charge in [0.1, 0.15) is 5.69 Å². The van der Waals surface area contributed by atoms with Crippen LogP contribution in [0.1, 0.15) is 16.8 Å². The van der Waals surface area contributed by atoms with E-state index in [-0.39, 0.29) is 6.61 Å². The summed E-state index contributed by atoms with van der Waals surface area (Å²) in [6, 6.07) is 6.17. The minimum absolute atomic E-state index is 0.0786. The average Bonchev–Trinajstić information content (AvgIpc) is 2.64. The summed E-state index contributed by atoms with van der Waals surface area (Å²) < 4.78 is 1.67. The Morgan fingerprint density at radius 2 is 1.87 bits per heavy atom. The van der Waals surface area contributed by atoms with Crippen molar-refractivity contribution in [3.05, 3.63) is 41.2 Å². The standard InChI is InChI=1S/C11H13N3O/c1-8-3-9(2)5-11(4-8)14-6-10(7-15)12-13-14/h3-6,15H,7H2,1-2H3. The van der Waals surface area contributed by atoms with E-state index >= 15 is 0 Å². The van der Waals surface area contributed by atoms with Crippen molar-refractivity contribution in [2.24, 2.45) is 0 Å². The molecule has 0 spiro atoms. The Balaban J connectivity index is 2.44. The van der Waals surface area contributed by atoms with Crippen LogP contribution in [0.4, 0.5) is 0 Å². The maximum absolute atomic E-state index is 8.89. The zero-order valence-electron chi connectivity index (χ0n) is 8.81. The third-order valence-electron chi connectivity index (χ3n) is 2.17. The lowest BCUT2D eigenvalue weighted by Gasteiger charge is -2.03. The Morgan fingerprint density at radius 1 is 1.20 bits per heavy atom. The van der Waals surface area contributed by atoms with Crippen LogP contribution in [0.5, 0.6) is 0 Å². The first-order chi connectivity index (χ1) is 7.19. The van der Waals surface area contributed by atoms with Gasteiger partial charge in [0.25, 0.3) is 0 Å². The highest BCUT2D eigenvalue weighted by molar-refractivity contribution is 5.38. The number of aromatic nitrogens is 3. The van der Waals surface area contributed by atoms with Gasteiger partial charge in [0.2, 0.25) is 0 Å². The van der Waals surface area contributed by atoms with E-state index in [1.807, 2.05) is 26.0 Å². The molecule has 1 aromatic heterocycles. The number of hydrogen-bond acceptors (Lipinski definition) is 3. The van der Waals surface area contributed by atoms with Crippen LogP contribution in [0.25, 0.3) is 5.69 Å². The molecule has 0 bridgehead atoms. The summed E-state index contributed by atoms with van der Waals surface area (Å²) in [6.45, 7) is 4.01. The summed E-state index contributed by atoms with van der Waals surface area (Å²) in [6.07, 6.45) is 1.73. The zero-order valence-corrected chi connectivity index (χ0v) is 8.81. The van der Waals surface area contributed by atoms with Crippen molar-refractivity contribution in [3.8, 4) is 5.69 Å². The van der Waals surface area contributed by atoms with Gasteiger partial charge in [0.15, 0.2) is 0 Å². The topological polar surface area (TPSA) is 50.9 Å². The predicted octanol–water partition coefficient (Wildman–Crippen LogP) is 1.38. The number of nitrogens with zero attached hydrogens (tertiary/aromatic N) is 3. The third kappa shape index (κ3) is 2.05. The minimum atomic E-state index is -0.0786. The van der Waals surface area contributed by atoms with Crippen LogP contribution in [0.3, 0.4) is 0 Å². The number of aryl methyl sites for hydroxylation is 2. The quantitative estimate of drug-likeness (QED) is 0.802. The highest BCUT2D eigenvalue weighted by atomic mass is 16.3. The monoisotopic (exact) mass is 203 g/mol. The minimum Gasteiger partial charge on any atom is -0.390 e. The summed E-state index contributed by atoms with van der Waals surface area (Å²) in [5.74, 6) is 0. The third-order valence-corrected chi connectivity index (χ3v) is 2.17. The molecular formula is C11H13N3O. The predicted molar refractivity (Wildman–Crippen MR) is 56.8 cm³/mol. The molecule has 15 heavy (non-hydrogen) atoms. The first-order valence-corrected chi connectivity index (χ1v) is 4.80. The number of hydrogen-bond donors (Lipinski definition) is 1. The molecule has 4 nitrogen and oxygen atoms in total. The number of aliphatic hydroxyl groups excluding tert-OH is 1. The van der Waals surface area contributed by atoms with E-state index in [9.17, 15) is 0 Å². The second-order valence-corrected chi connectivity index (χ2v) is 3.66. The van der Waals surface area contributed by atoms with Crippen molar-refractivity contribution < 1.29 is 5.11 Å². The normalized spacial score (nSPS) is 10.6. The fraction of sp³-hybridized carbons (Fsp3) is 0.273. The molecule has 0 aliphatic heterocycles. The molecule has 1 N–H and O–H groups in total. The van der Waals surface area contributed by atoms with E-state index in [2.05, 4.69) is 16.4 Å². The van der Waals surface area contributed by atoms with Crippen LogP contribution in [0.2, 0.25) is 0 Å². The lowest BCUT2D eigenvalue weighted by atomic mass is 10.1. The van der Waals surface area contributed by atoms with E-state index in [4.69, 9.17) is 5.11 Å². The number of rotatable bonds is 2. The van der Waals surface area contributed by atoms with Crippen molar-refractivity contribution in [2.45, 2.75) is 20.5 Å². The van der Waals surface area contributed by atoms with Gasteiger partial charge >= 0.3 is 0 Å². The zero-order chi connectivity index (χ0) is 10.8. The van der Waals surface area contributed by atoms with Gasteiger partial charge in [-0.15, -0.1) is 5.10 Å². The van der Waals surface area contributed by atoms with Crippen molar-refractivity contribution in [1.29, 1.82) is 0 Å². The highest BCUT2D eigenvalue weighted by Crippen LogP contribution is 2.12. The van der Waals surface area contributed by atoms with Crippen molar-refractivity contribution in [2.75, 3.05) is 0 Å². The molecule has 2 aromatic rings. The molecule has 0 radical (unpaired) electrons. The molecule has 0 unspecified atom stereocenters. The highest BCUT2D eigenvalue weighted by Gasteiger charge is 2.02. The van der Waals surface area contributed by atoms with Crippen LogP contribution in [0, 0.1) is 13.8 Å². The average molecular weight is 203 g/mol. The van der Waals surface area contributed by atoms with Gasteiger partial charge in [0.05, 0.1) is 18.5 Å². The summed E-state index contributed by atoms with van der Waals surface area (Å²) in [7, 11) is 0. The van der Waals surface area contributed by atoms with Crippen molar-refractivity contribution >= 4 is 0 Å². The summed E-state index contributed by atoms with van der Waals surface area (Å²) >= 11 is 0. The molecule has 0 fully saturated rings. The lowest BCUT2D eigenvalue weighted by molar-refractivity contribution is 0.276. The SMILES string of the molecule is Cc1cc(C)cc(-n2cc(CO)nn2)c1. The Kier molecular flexibility index (Phi) is 2.51. The molecule has 0 aliphatic rings. The maximum Gasteiger partial charge on any atom is 0.109 e. The smallest absolute Gasteiger partial charge is 0.109 e. The van der Waals surface area contributed by atoms with Crippen LogP contribution in [-0.4, -0.2) is 20.1 Å². The van der Waals surface area contributed by atoms with Crippen LogP contribution in [-0.2, 0) is 6.61 Å². The van der Waals surface area contributed by atoms with Gasteiger partial charge in [-0.2, -0.15) is 0 Å². The maximum atomic E-state index is 8.89. The fourth-order valence-electron chi connectivity index (χ4n) is 1.58. The van der Waals surface area contributed by atoms with Gasteiger partial charge in [-0.3, -0.25) is 0 Å². The van der Waals surface area contributed by atoms with E-state index in [0.717, 1.165) is 5.69 Å². The van der Waals surface area contributed by atoms with Crippen molar-refractivity contribution in [1.82, 2.24) is 15.0 Å². The summed E-state index contributed by atoms with van der Waals surface area (Å²) in [5.41, 5.74) is 3.92. The molecule has 0 aliphatic carbocycles. The second kappa shape index (κ2) is 3.82. The largest absolute Gasteiger partial charge is 0.390 e.